The second-order valence-corrected chi connectivity index (χ2v) is 13.0. The van der Waals surface area contributed by atoms with E-state index in [1.54, 1.807) is 30.3 Å². The fourth-order valence-corrected chi connectivity index (χ4v) is 5.94. The van der Waals surface area contributed by atoms with Crippen LogP contribution in [-0.4, -0.2) is 27.7 Å². The van der Waals surface area contributed by atoms with Gasteiger partial charge in [0.1, 0.15) is 18.0 Å². The Kier molecular flexibility index (Phi) is 17.9. The number of furan rings is 1. The number of carboxylic acid groups (broad SMARTS) is 1. The number of benzene rings is 2. The average Bonchev–Trinajstić information content (AvgIpc) is 3.43. The van der Waals surface area contributed by atoms with E-state index in [4.69, 9.17) is 14.3 Å². The molecule has 1 unspecified atom stereocenters. The van der Waals surface area contributed by atoms with Crippen LogP contribution in [0.3, 0.4) is 0 Å². The van der Waals surface area contributed by atoms with Gasteiger partial charge in [-0.25, -0.2) is 4.39 Å². The fraction of sp³-hybridized carbons (Fsp3) is 0.553. The van der Waals surface area contributed by atoms with Gasteiger partial charge in [0, 0.05) is 10.9 Å². The minimum Gasteiger partial charge on any atom is -0.480 e. The Hall–Kier alpha value is -3.00. The predicted molar refractivity (Wildman–Crippen MR) is 186 cm³/mol. The van der Waals surface area contributed by atoms with E-state index in [2.05, 4.69) is 43.6 Å². The molecule has 1 atom stereocenters. The molecule has 254 valence electrons. The lowest BCUT2D eigenvalue weighted by atomic mass is 9.74. The molecule has 0 radical (unpaired) electrons. The first-order valence-electron chi connectivity index (χ1n) is 17.0. The molecular formula is C38H52BrFO6. The van der Waals surface area contributed by atoms with Crippen molar-refractivity contribution < 1.29 is 33.0 Å². The summed E-state index contributed by atoms with van der Waals surface area (Å²) in [6.07, 6.45) is 20.1. The number of esters is 1. The van der Waals surface area contributed by atoms with Crippen molar-refractivity contribution in [1.29, 1.82) is 0 Å². The zero-order valence-electron chi connectivity index (χ0n) is 28.0. The van der Waals surface area contributed by atoms with Crippen molar-refractivity contribution in [3.05, 3.63) is 71.2 Å². The van der Waals surface area contributed by atoms with E-state index in [1.165, 1.54) is 102 Å². The zero-order valence-corrected chi connectivity index (χ0v) is 29.6. The normalized spacial score (nSPS) is 12.0. The van der Waals surface area contributed by atoms with Gasteiger partial charge in [-0.1, -0.05) is 151 Å². The molecule has 6 nitrogen and oxygen atoms in total. The Bertz CT molecular complexity index is 1330. The number of aliphatic carboxylic acids is 1. The van der Waals surface area contributed by atoms with E-state index in [9.17, 15) is 18.8 Å². The van der Waals surface area contributed by atoms with Crippen molar-refractivity contribution in [1.82, 2.24) is 0 Å². The molecule has 1 N–H and O–H groups in total. The first kappa shape index (κ1) is 39.2. The molecular weight excluding hydrogens is 651 g/mol. The zero-order chi connectivity index (χ0) is 34.0. The van der Waals surface area contributed by atoms with Crippen LogP contribution in [0, 0.1) is 11.2 Å². The molecule has 0 fully saturated rings. The maximum atomic E-state index is 13.7. The number of fused-ring (bicyclic) bond motifs is 1. The van der Waals surface area contributed by atoms with Crippen LogP contribution < -0.4 is 0 Å². The van der Waals surface area contributed by atoms with Gasteiger partial charge in [0.15, 0.2) is 11.5 Å². The summed E-state index contributed by atoms with van der Waals surface area (Å²) in [5, 5.41) is 9.06. The molecule has 0 amide bonds. The Morgan fingerprint density at radius 3 is 1.93 bits per heavy atom. The third kappa shape index (κ3) is 12.3. The van der Waals surface area contributed by atoms with Gasteiger partial charge in [-0.2, -0.15) is 0 Å². The van der Waals surface area contributed by atoms with Gasteiger partial charge < -0.3 is 14.3 Å². The first-order chi connectivity index (χ1) is 22.1. The van der Waals surface area contributed by atoms with E-state index < -0.39 is 35.0 Å². The van der Waals surface area contributed by atoms with E-state index in [1.807, 2.05) is 0 Å². The standard InChI is InChI=1S/C19H12BrFO6.C19H40/c20-16(18(23)24)19(25)26-9-14-15(17(22)10-4-2-1-3-5-10)12-8-11(21)6-7-13(12)27-14;1-5-9-11-13-15-17-19(7-3,8-4)18-16-14-12-10-6-2/h1-8,16H,9H2,(H,23,24);5-18H2,1-4H3. The number of unbranched alkanes of at least 4 members (excludes halogenated alkanes) is 8. The lowest BCUT2D eigenvalue weighted by Crippen LogP contribution is -2.25. The Balaban J connectivity index is 0.000000344. The number of hydrogen-bond donors (Lipinski definition) is 1. The molecule has 46 heavy (non-hydrogen) atoms. The summed E-state index contributed by atoms with van der Waals surface area (Å²) in [6.45, 7) is 8.97. The summed E-state index contributed by atoms with van der Waals surface area (Å²) < 4.78 is 24.2. The second-order valence-electron chi connectivity index (χ2n) is 12.1. The molecule has 0 saturated carbocycles. The number of carbonyl (C=O) groups excluding carboxylic acids is 2. The number of ketones is 1. The quantitative estimate of drug-likeness (QED) is 0.0414. The van der Waals surface area contributed by atoms with E-state index >= 15 is 0 Å². The average molecular weight is 704 g/mol. The van der Waals surface area contributed by atoms with Gasteiger partial charge in [-0.15, -0.1) is 0 Å². The highest BCUT2D eigenvalue weighted by Crippen LogP contribution is 2.38. The molecule has 0 aliphatic rings. The van der Waals surface area contributed by atoms with Crippen molar-refractivity contribution in [2.24, 2.45) is 5.41 Å². The maximum Gasteiger partial charge on any atom is 0.331 e. The summed E-state index contributed by atoms with van der Waals surface area (Å²) in [5.41, 5.74) is 1.33. The van der Waals surface area contributed by atoms with Crippen LogP contribution in [-0.2, 0) is 20.9 Å². The van der Waals surface area contributed by atoms with Crippen molar-refractivity contribution in [3.8, 4) is 0 Å². The Labute approximate surface area is 282 Å². The number of halogens is 2. The number of alkyl halides is 1. The SMILES string of the molecule is CCCCCCCC(CC)(CC)CCCCCCC.O=C(c1ccccc1)c1c(COC(=O)C(Br)C(=O)O)oc2ccc(F)cc12. The maximum absolute atomic E-state index is 13.7. The number of ether oxygens (including phenoxy) is 1. The number of carboxylic acids is 1. The molecule has 1 heterocycles. The van der Waals surface area contributed by atoms with Crippen molar-refractivity contribution in [3.63, 3.8) is 0 Å². The largest absolute Gasteiger partial charge is 0.480 e. The smallest absolute Gasteiger partial charge is 0.331 e. The van der Waals surface area contributed by atoms with E-state index in [-0.39, 0.29) is 22.3 Å². The third-order valence-corrected chi connectivity index (χ3v) is 9.64. The Morgan fingerprint density at radius 2 is 1.41 bits per heavy atom. The molecule has 3 aromatic rings. The molecule has 0 aliphatic heterocycles. The third-order valence-electron chi connectivity index (χ3n) is 8.88. The monoisotopic (exact) mass is 702 g/mol. The molecule has 8 heteroatoms. The highest BCUT2D eigenvalue weighted by atomic mass is 79.9. The highest BCUT2D eigenvalue weighted by Gasteiger charge is 2.28. The molecule has 0 aliphatic carbocycles. The topological polar surface area (TPSA) is 93.8 Å². The van der Waals surface area contributed by atoms with Gasteiger partial charge in [0.25, 0.3) is 0 Å². The molecule has 0 spiro atoms. The predicted octanol–water partition coefficient (Wildman–Crippen LogP) is 11.2. The summed E-state index contributed by atoms with van der Waals surface area (Å²) in [4.78, 5) is 33.9. The summed E-state index contributed by atoms with van der Waals surface area (Å²) in [7, 11) is 0. The minimum atomic E-state index is -1.55. The highest BCUT2D eigenvalue weighted by molar-refractivity contribution is 9.10. The van der Waals surface area contributed by atoms with Gasteiger partial charge in [0.2, 0.25) is 4.83 Å². The minimum absolute atomic E-state index is 0.00268. The lowest BCUT2D eigenvalue weighted by Gasteiger charge is -2.32. The summed E-state index contributed by atoms with van der Waals surface area (Å²) in [6, 6.07) is 12.0. The summed E-state index contributed by atoms with van der Waals surface area (Å²) >= 11 is 2.69. The van der Waals surface area contributed by atoms with Crippen LogP contribution in [0.4, 0.5) is 4.39 Å². The van der Waals surface area contributed by atoms with Crippen LogP contribution in [0.1, 0.15) is 139 Å². The number of hydrogen-bond acceptors (Lipinski definition) is 5. The van der Waals surface area contributed by atoms with Crippen LogP contribution in [0.5, 0.6) is 0 Å². The first-order valence-corrected chi connectivity index (χ1v) is 17.9. The van der Waals surface area contributed by atoms with Crippen LogP contribution in [0.25, 0.3) is 11.0 Å². The van der Waals surface area contributed by atoms with Gasteiger partial charge in [-0.05, 0) is 36.5 Å². The van der Waals surface area contributed by atoms with Crippen LogP contribution in [0.2, 0.25) is 0 Å². The van der Waals surface area contributed by atoms with Crippen molar-refractivity contribution in [2.75, 3.05) is 0 Å². The molecule has 0 bridgehead atoms. The number of carbonyl (C=O) groups is 3. The van der Waals surface area contributed by atoms with Crippen molar-refractivity contribution in [2.45, 2.75) is 129 Å². The molecule has 2 aromatic carbocycles. The van der Waals surface area contributed by atoms with E-state index in [0.717, 1.165) is 6.07 Å². The Morgan fingerprint density at radius 1 is 0.848 bits per heavy atom. The van der Waals surface area contributed by atoms with Crippen molar-refractivity contribution >= 4 is 44.6 Å². The van der Waals surface area contributed by atoms with Gasteiger partial charge in [-0.3, -0.25) is 14.4 Å². The lowest BCUT2D eigenvalue weighted by molar-refractivity contribution is -0.151. The van der Waals surface area contributed by atoms with Crippen LogP contribution in [0.15, 0.2) is 52.9 Å². The van der Waals surface area contributed by atoms with Crippen LogP contribution >= 0.6 is 15.9 Å². The molecule has 3 rings (SSSR count). The fourth-order valence-electron chi connectivity index (χ4n) is 5.80. The van der Waals surface area contributed by atoms with E-state index in [0.29, 0.717) is 11.0 Å². The van der Waals surface area contributed by atoms with Gasteiger partial charge in [0.05, 0.1) is 5.56 Å². The second kappa shape index (κ2) is 21.0. The summed E-state index contributed by atoms with van der Waals surface area (Å²) in [5.74, 6) is -3.44. The number of rotatable bonds is 20. The molecule has 1 aromatic heterocycles. The van der Waals surface area contributed by atoms with Gasteiger partial charge >= 0.3 is 11.9 Å². The molecule has 0 saturated heterocycles.